The Bertz CT molecular complexity index is 1490. The van der Waals surface area contributed by atoms with Crippen molar-refractivity contribution < 1.29 is 4.74 Å². The number of ether oxygens (including phenoxy) is 1. The largest absolute Gasteiger partial charge is 0.377 e. The average molecular weight is 593 g/mol. The Labute approximate surface area is 259 Å². The summed E-state index contributed by atoms with van der Waals surface area (Å²) in [6.45, 7) is 7.51. The second kappa shape index (κ2) is 12.7. The predicted molar refractivity (Wildman–Crippen MR) is 174 cm³/mol. The van der Waals surface area contributed by atoms with E-state index in [-0.39, 0.29) is 5.54 Å². The number of hydrogen-bond acceptors (Lipinski definition) is 8. The summed E-state index contributed by atoms with van der Waals surface area (Å²) in [5, 5.41) is 3.87. The molecule has 0 unspecified atom stereocenters. The van der Waals surface area contributed by atoms with Gasteiger partial charge in [0.05, 0.1) is 24.4 Å². The Kier molecular flexibility index (Phi) is 8.35. The molecule has 1 aromatic heterocycles. The van der Waals surface area contributed by atoms with Gasteiger partial charge in [-0.05, 0) is 29.8 Å². The Morgan fingerprint density at radius 2 is 1.56 bits per heavy atom. The number of nitrogens with one attached hydrogen (secondary N) is 1. The van der Waals surface area contributed by atoms with Crippen molar-refractivity contribution in [1.82, 2.24) is 19.8 Å². The van der Waals surface area contributed by atoms with Gasteiger partial charge in [0.15, 0.2) is 0 Å². The van der Waals surface area contributed by atoms with E-state index in [4.69, 9.17) is 14.7 Å². The summed E-state index contributed by atoms with van der Waals surface area (Å²) >= 11 is 1.93. The number of nitrogens with zero attached hydrogens (tertiary/aromatic N) is 5. The summed E-state index contributed by atoms with van der Waals surface area (Å²) < 4.78 is 5.95. The lowest BCUT2D eigenvalue weighted by Gasteiger charge is -2.50. The molecule has 1 saturated heterocycles. The first-order valence-corrected chi connectivity index (χ1v) is 16.3. The first kappa shape index (κ1) is 28.3. The lowest BCUT2D eigenvalue weighted by atomic mass is 9.92. The molecule has 0 bridgehead atoms. The van der Waals surface area contributed by atoms with E-state index in [0.717, 1.165) is 69.8 Å². The highest BCUT2D eigenvalue weighted by molar-refractivity contribution is 7.99. The molecular formula is C35H40N6OS. The normalized spacial score (nSPS) is 18.0. The third-order valence-corrected chi connectivity index (χ3v) is 10.0. The van der Waals surface area contributed by atoms with E-state index in [9.17, 15) is 0 Å². The van der Waals surface area contributed by atoms with E-state index in [1.165, 1.54) is 32.8 Å². The van der Waals surface area contributed by atoms with Crippen LogP contribution in [-0.4, -0.2) is 71.0 Å². The van der Waals surface area contributed by atoms with Crippen LogP contribution in [0.15, 0.2) is 89.8 Å². The number of hydrogen-bond donors (Lipinski definition) is 1. The van der Waals surface area contributed by atoms with Crippen LogP contribution >= 0.6 is 11.8 Å². The quantitative estimate of drug-likeness (QED) is 0.275. The highest BCUT2D eigenvalue weighted by atomic mass is 32.2. The predicted octanol–water partition coefficient (Wildman–Crippen LogP) is 5.46. The fraction of sp³-hybridized carbons (Fsp3) is 0.371. The van der Waals surface area contributed by atoms with Crippen molar-refractivity contribution in [2.75, 3.05) is 55.9 Å². The maximum Gasteiger partial charge on any atom is 0.227 e. The minimum absolute atomic E-state index is 0.136. The number of anilines is 2. The molecule has 0 saturated carbocycles. The number of benzene rings is 3. The van der Waals surface area contributed by atoms with Crippen molar-refractivity contribution >= 4 is 23.5 Å². The van der Waals surface area contributed by atoms with Crippen LogP contribution in [0, 0.1) is 0 Å². The molecule has 3 aliphatic rings. The van der Waals surface area contributed by atoms with Crippen LogP contribution in [0.1, 0.15) is 27.9 Å². The van der Waals surface area contributed by atoms with Gasteiger partial charge < -0.3 is 19.9 Å². The molecule has 0 spiro atoms. The molecule has 43 heavy (non-hydrogen) atoms. The van der Waals surface area contributed by atoms with Crippen LogP contribution in [-0.2, 0) is 37.3 Å². The number of likely N-dealkylation sites (N-methyl/N-ethyl adjacent to an activating group) is 1. The van der Waals surface area contributed by atoms with Gasteiger partial charge in [-0.1, -0.05) is 78.9 Å². The van der Waals surface area contributed by atoms with Crippen LogP contribution in [0.25, 0.3) is 0 Å². The van der Waals surface area contributed by atoms with Crippen LogP contribution < -0.4 is 10.2 Å². The van der Waals surface area contributed by atoms with E-state index < -0.39 is 0 Å². The Hall–Kier alpha value is -3.43. The van der Waals surface area contributed by atoms with Crippen molar-refractivity contribution in [3.63, 3.8) is 0 Å². The number of thioether (sulfide) groups is 1. The van der Waals surface area contributed by atoms with Crippen LogP contribution in [0.3, 0.4) is 0 Å². The Morgan fingerprint density at radius 3 is 2.26 bits per heavy atom. The van der Waals surface area contributed by atoms with Gasteiger partial charge in [0.25, 0.3) is 0 Å². The van der Waals surface area contributed by atoms with Gasteiger partial charge in [0.1, 0.15) is 5.82 Å². The monoisotopic (exact) mass is 592 g/mol. The van der Waals surface area contributed by atoms with Crippen molar-refractivity contribution in [3.05, 3.63) is 113 Å². The third-order valence-electron chi connectivity index (χ3n) is 8.90. The molecule has 3 aromatic carbocycles. The molecule has 0 radical (unpaired) electrons. The molecule has 0 atom stereocenters. The number of aromatic nitrogens is 2. The van der Waals surface area contributed by atoms with Crippen molar-refractivity contribution in [1.29, 1.82) is 0 Å². The molecule has 222 valence electrons. The minimum Gasteiger partial charge on any atom is -0.377 e. The van der Waals surface area contributed by atoms with Crippen LogP contribution in [0.2, 0.25) is 0 Å². The smallest absolute Gasteiger partial charge is 0.227 e. The fourth-order valence-electron chi connectivity index (χ4n) is 6.30. The van der Waals surface area contributed by atoms with Gasteiger partial charge in [-0.15, -0.1) is 11.8 Å². The van der Waals surface area contributed by atoms with Gasteiger partial charge >= 0.3 is 0 Å². The zero-order valence-corrected chi connectivity index (χ0v) is 25.7. The first-order chi connectivity index (χ1) is 21.1. The molecule has 0 amide bonds. The van der Waals surface area contributed by atoms with Gasteiger partial charge in [0, 0.05) is 68.4 Å². The van der Waals surface area contributed by atoms with Gasteiger partial charge in [-0.3, -0.25) is 4.90 Å². The lowest BCUT2D eigenvalue weighted by Crippen LogP contribution is -2.65. The molecule has 7 rings (SSSR count). The zero-order chi connectivity index (χ0) is 29.1. The highest BCUT2D eigenvalue weighted by Gasteiger charge is 2.44. The second-order valence-electron chi connectivity index (χ2n) is 12.1. The summed E-state index contributed by atoms with van der Waals surface area (Å²) in [7, 11) is 2.19. The Balaban J connectivity index is 1.18. The SMILES string of the molecule is CN1CCc2nc(N3CCSc4ccccc4C3)nc(NCC3(N(Cc4ccccc4)Cc4ccccc4)COC3)c2C1. The van der Waals surface area contributed by atoms with Gasteiger partial charge in [0.2, 0.25) is 5.95 Å². The van der Waals surface area contributed by atoms with E-state index in [0.29, 0.717) is 13.2 Å². The molecule has 3 aliphatic heterocycles. The van der Waals surface area contributed by atoms with Crippen LogP contribution in [0.5, 0.6) is 0 Å². The summed E-state index contributed by atoms with van der Waals surface area (Å²) in [6.07, 6.45) is 0.942. The molecule has 1 fully saturated rings. The maximum atomic E-state index is 5.95. The molecule has 4 heterocycles. The lowest BCUT2D eigenvalue weighted by molar-refractivity contribution is -0.140. The average Bonchev–Trinajstić information content (AvgIpc) is 3.24. The Morgan fingerprint density at radius 1 is 0.860 bits per heavy atom. The second-order valence-corrected chi connectivity index (χ2v) is 13.2. The highest BCUT2D eigenvalue weighted by Crippen LogP contribution is 2.33. The molecule has 4 aromatic rings. The third kappa shape index (κ3) is 6.29. The van der Waals surface area contributed by atoms with Crippen LogP contribution in [0.4, 0.5) is 11.8 Å². The molecule has 8 heteroatoms. The summed E-state index contributed by atoms with van der Waals surface area (Å²) in [6, 6.07) is 30.3. The molecule has 7 nitrogen and oxygen atoms in total. The van der Waals surface area contributed by atoms with Crippen molar-refractivity contribution in [2.45, 2.75) is 43.0 Å². The summed E-state index contributed by atoms with van der Waals surface area (Å²) in [5.74, 6) is 2.84. The van der Waals surface area contributed by atoms with E-state index >= 15 is 0 Å². The fourth-order valence-corrected chi connectivity index (χ4v) is 7.33. The van der Waals surface area contributed by atoms with E-state index in [1.807, 2.05) is 11.8 Å². The van der Waals surface area contributed by atoms with E-state index in [2.05, 4.69) is 112 Å². The van der Waals surface area contributed by atoms with E-state index in [1.54, 1.807) is 0 Å². The first-order valence-electron chi connectivity index (χ1n) is 15.3. The maximum absolute atomic E-state index is 5.95. The number of rotatable bonds is 9. The minimum atomic E-state index is -0.136. The topological polar surface area (TPSA) is 56.8 Å². The molecule has 1 N–H and O–H groups in total. The van der Waals surface area contributed by atoms with Gasteiger partial charge in [-0.25, -0.2) is 4.98 Å². The van der Waals surface area contributed by atoms with Crippen molar-refractivity contribution in [3.8, 4) is 0 Å². The molecule has 0 aliphatic carbocycles. The number of fused-ring (bicyclic) bond motifs is 2. The van der Waals surface area contributed by atoms with Crippen molar-refractivity contribution in [2.24, 2.45) is 0 Å². The standard InChI is InChI=1S/C35H40N6OS/c1-39-17-16-31-30(23-39)33(38-34(37-31)40-18-19-43-32-15-9-8-14-29(32)22-40)36-24-35(25-42-26-35)41(20-27-10-4-2-5-11-27)21-28-12-6-3-7-13-28/h2-15H,16-26H2,1H3,(H,36,37,38). The molecular weight excluding hydrogens is 552 g/mol. The van der Waals surface area contributed by atoms with Gasteiger partial charge in [-0.2, -0.15) is 4.98 Å². The zero-order valence-electron chi connectivity index (χ0n) is 24.9. The summed E-state index contributed by atoms with van der Waals surface area (Å²) in [4.78, 5) is 19.1. The summed E-state index contributed by atoms with van der Waals surface area (Å²) in [5.41, 5.74) is 6.25.